The molecule has 0 bridgehead atoms. The van der Waals surface area contributed by atoms with Crippen molar-refractivity contribution in [3.8, 4) is 11.5 Å². The summed E-state index contributed by atoms with van der Waals surface area (Å²) in [6.07, 6.45) is 0.134. The molecule has 0 aliphatic rings. The molecule has 3 rings (SSSR count). The third kappa shape index (κ3) is 6.83. The summed E-state index contributed by atoms with van der Waals surface area (Å²) in [5.41, 5.74) is 5.98. The van der Waals surface area contributed by atoms with E-state index in [-0.39, 0.29) is 12.3 Å². The van der Waals surface area contributed by atoms with Gasteiger partial charge in [-0.05, 0) is 54.1 Å². The van der Waals surface area contributed by atoms with E-state index in [1.807, 2.05) is 30.3 Å². The second kappa shape index (κ2) is 10.9. The molecule has 0 heterocycles. The van der Waals surface area contributed by atoms with Gasteiger partial charge >= 0.3 is 0 Å². The van der Waals surface area contributed by atoms with Crippen LogP contribution in [0.15, 0.2) is 78.9 Å². The highest BCUT2D eigenvalue weighted by atomic mass is 35.5. The molecular formula is C23H21ClN2O4. The quantitative estimate of drug-likeness (QED) is 0.426. The number of rotatable bonds is 8. The molecule has 0 aromatic heterocycles. The van der Waals surface area contributed by atoms with Crippen molar-refractivity contribution < 1.29 is 19.1 Å². The normalized spacial score (nSPS) is 10.2. The topological polar surface area (TPSA) is 76.7 Å². The first-order valence-electron chi connectivity index (χ1n) is 9.34. The number of hydrogen-bond donors (Lipinski definition) is 2. The maximum Gasteiger partial charge on any atom is 0.269 e. The second-order valence-electron chi connectivity index (χ2n) is 6.34. The Bertz CT molecular complexity index is 961. The Morgan fingerprint density at radius 3 is 1.97 bits per heavy atom. The van der Waals surface area contributed by atoms with Gasteiger partial charge in [0.05, 0.1) is 6.42 Å². The van der Waals surface area contributed by atoms with Crippen molar-refractivity contribution in [3.05, 3.63) is 95.0 Å². The Hall–Kier alpha value is -3.51. The largest absolute Gasteiger partial charge is 0.490 e. The predicted octanol–water partition coefficient (Wildman–Crippen LogP) is 3.80. The fourth-order valence-corrected chi connectivity index (χ4v) is 2.69. The van der Waals surface area contributed by atoms with Crippen molar-refractivity contribution in [1.29, 1.82) is 0 Å². The van der Waals surface area contributed by atoms with E-state index < -0.39 is 5.91 Å². The third-order valence-corrected chi connectivity index (χ3v) is 4.33. The van der Waals surface area contributed by atoms with Gasteiger partial charge < -0.3 is 9.47 Å². The van der Waals surface area contributed by atoms with Gasteiger partial charge in [0.1, 0.15) is 24.7 Å². The molecule has 0 saturated heterocycles. The molecule has 0 atom stereocenters. The maximum absolute atomic E-state index is 12.2. The summed E-state index contributed by atoms with van der Waals surface area (Å²) in [5, 5.41) is 0.601. The number of hydrazine groups is 1. The molecule has 2 N–H and O–H groups in total. The van der Waals surface area contributed by atoms with Crippen LogP contribution in [0.4, 0.5) is 0 Å². The first kappa shape index (κ1) is 21.2. The zero-order chi connectivity index (χ0) is 21.2. The number of carbonyl (C=O) groups excluding carboxylic acids is 2. The summed E-state index contributed by atoms with van der Waals surface area (Å²) in [4.78, 5) is 24.1. The van der Waals surface area contributed by atoms with Crippen LogP contribution in [-0.4, -0.2) is 25.0 Å². The van der Waals surface area contributed by atoms with Gasteiger partial charge in [0.2, 0.25) is 5.91 Å². The molecule has 0 aliphatic heterocycles. The average molecular weight is 425 g/mol. The predicted molar refractivity (Wildman–Crippen MR) is 115 cm³/mol. The highest BCUT2D eigenvalue weighted by Gasteiger charge is 2.08. The summed E-state index contributed by atoms with van der Waals surface area (Å²) in [5.74, 6) is 0.656. The second-order valence-corrected chi connectivity index (χ2v) is 6.78. The van der Waals surface area contributed by atoms with Crippen LogP contribution in [0.1, 0.15) is 15.9 Å². The number of nitrogens with one attached hydrogen (secondary N) is 2. The molecule has 0 saturated carbocycles. The Kier molecular flexibility index (Phi) is 7.69. The number of amides is 2. The molecule has 0 unspecified atom stereocenters. The van der Waals surface area contributed by atoms with Gasteiger partial charge in [-0.15, -0.1) is 0 Å². The molecule has 7 heteroatoms. The zero-order valence-electron chi connectivity index (χ0n) is 16.1. The number of benzene rings is 3. The highest BCUT2D eigenvalue weighted by Crippen LogP contribution is 2.13. The maximum atomic E-state index is 12.2. The first-order valence-corrected chi connectivity index (χ1v) is 9.72. The van der Waals surface area contributed by atoms with E-state index in [0.717, 1.165) is 11.3 Å². The van der Waals surface area contributed by atoms with Crippen LogP contribution in [0.5, 0.6) is 11.5 Å². The van der Waals surface area contributed by atoms with Gasteiger partial charge in [-0.25, -0.2) is 0 Å². The van der Waals surface area contributed by atoms with Crippen LogP contribution in [0.2, 0.25) is 5.02 Å². The Balaban J connectivity index is 1.38. The van der Waals surface area contributed by atoms with Gasteiger partial charge in [-0.3, -0.25) is 20.4 Å². The lowest BCUT2D eigenvalue weighted by atomic mass is 10.1. The fourth-order valence-electron chi connectivity index (χ4n) is 2.57. The summed E-state index contributed by atoms with van der Waals surface area (Å²) in [7, 11) is 0. The lowest BCUT2D eigenvalue weighted by Gasteiger charge is -2.10. The number of ether oxygens (including phenoxy) is 2. The van der Waals surface area contributed by atoms with Crippen LogP contribution >= 0.6 is 11.6 Å². The van der Waals surface area contributed by atoms with Crippen molar-refractivity contribution in [2.75, 3.05) is 13.2 Å². The molecule has 0 aliphatic carbocycles. The van der Waals surface area contributed by atoms with Gasteiger partial charge in [0.25, 0.3) is 5.91 Å². The molecule has 0 radical (unpaired) electrons. The van der Waals surface area contributed by atoms with Crippen LogP contribution in [0.3, 0.4) is 0 Å². The molecular weight excluding hydrogens is 404 g/mol. The standard InChI is InChI=1S/C23H21ClN2O4/c24-19-10-6-17(7-11-19)16-22(27)25-26-23(28)18-8-12-21(13-9-18)30-15-14-29-20-4-2-1-3-5-20/h1-13H,14-16H2,(H,25,27)(H,26,28). The number of hydrogen-bond acceptors (Lipinski definition) is 4. The summed E-state index contributed by atoms with van der Waals surface area (Å²) in [6, 6.07) is 23.0. The highest BCUT2D eigenvalue weighted by molar-refractivity contribution is 6.30. The SMILES string of the molecule is O=C(Cc1ccc(Cl)cc1)NNC(=O)c1ccc(OCCOc2ccccc2)cc1. The number of para-hydroxylation sites is 1. The summed E-state index contributed by atoms with van der Waals surface area (Å²) < 4.78 is 11.2. The fraction of sp³-hybridized carbons (Fsp3) is 0.130. The van der Waals surface area contributed by atoms with Gasteiger partial charge in [-0.1, -0.05) is 41.9 Å². The minimum Gasteiger partial charge on any atom is -0.490 e. The summed E-state index contributed by atoms with van der Waals surface area (Å²) in [6.45, 7) is 0.785. The lowest BCUT2D eigenvalue weighted by molar-refractivity contribution is -0.121. The van der Waals surface area contributed by atoms with Crippen molar-refractivity contribution in [1.82, 2.24) is 10.9 Å². The summed E-state index contributed by atoms with van der Waals surface area (Å²) >= 11 is 5.82. The molecule has 3 aromatic rings. The van der Waals surface area contributed by atoms with E-state index in [4.69, 9.17) is 21.1 Å². The van der Waals surface area contributed by atoms with Gasteiger partial charge in [0.15, 0.2) is 0 Å². The van der Waals surface area contributed by atoms with Gasteiger partial charge in [-0.2, -0.15) is 0 Å². The Labute approximate surface area is 179 Å². The van der Waals surface area contributed by atoms with Crippen molar-refractivity contribution >= 4 is 23.4 Å². The van der Waals surface area contributed by atoms with E-state index in [9.17, 15) is 9.59 Å². The average Bonchev–Trinajstić information content (AvgIpc) is 2.78. The van der Waals surface area contributed by atoms with E-state index in [2.05, 4.69) is 10.9 Å². The molecule has 0 spiro atoms. The smallest absolute Gasteiger partial charge is 0.269 e. The van der Waals surface area contributed by atoms with Gasteiger partial charge in [0, 0.05) is 10.6 Å². The molecule has 6 nitrogen and oxygen atoms in total. The molecule has 2 amide bonds. The van der Waals surface area contributed by atoms with Crippen molar-refractivity contribution in [2.45, 2.75) is 6.42 Å². The van der Waals surface area contributed by atoms with Crippen LogP contribution in [0, 0.1) is 0 Å². The molecule has 30 heavy (non-hydrogen) atoms. The van der Waals surface area contributed by atoms with Crippen LogP contribution < -0.4 is 20.3 Å². The lowest BCUT2D eigenvalue weighted by Crippen LogP contribution is -2.42. The van der Waals surface area contributed by atoms with Crippen molar-refractivity contribution in [3.63, 3.8) is 0 Å². The Morgan fingerprint density at radius 1 is 0.733 bits per heavy atom. The number of carbonyl (C=O) groups is 2. The van der Waals surface area contributed by atoms with E-state index in [1.165, 1.54) is 0 Å². The molecule has 3 aromatic carbocycles. The minimum atomic E-state index is -0.418. The minimum absolute atomic E-state index is 0.134. The Morgan fingerprint density at radius 2 is 1.33 bits per heavy atom. The van der Waals surface area contributed by atoms with E-state index in [0.29, 0.717) is 29.5 Å². The third-order valence-electron chi connectivity index (χ3n) is 4.07. The molecule has 0 fully saturated rings. The monoisotopic (exact) mass is 424 g/mol. The number of halogens is 1. The van der Waals surface area contributed by atoms with Crippen molar-refractivity contribution in [2.24, 2.45) is 0 Å². The van der Waals surface area contributed by atoms with Crippen LogP contribution in [-0.2, 0) is 11.2 Å². The zero-order valence-corrected chi connectivity index (χ0v) is 16.9. The van der Waals surface area contributed by atoms with Crippen LogP contribution in [0.25, 0.3) is 0 Å². The first-order chi connectivity index (χ1) is 14.6. The van der Waals surface area contributed by atoms with E-state index in [1.54, 1.807) is 48.5 Å². The van der Waals surface area contributed by atoms with E-state index >= 15 is 0 Å². The molecule has 154 valence electrons.